The summed E-state index contributed by atoms with van der Waals surface area (Å²) < 4.78 is 12.5. The molecule has 0 aliphatic rings. The number of halogens is 1. The van der Waals surface area contributed by atoms with Crippen molar-refractivity contribution in [1.82, 2.24) is 5.43 Å². The van der Waals surface area contributed by atoms with Crippen molar-refractivity contribution in [2.24, 2.45) is 5.10 Å². The summed E-state index contributed by atoms with van der Waals surface area (Å²) in [7, 11) is 1.69. The van der Waals surface area contributed by atoms with Crippen LogP contribution in [-0.2, 0) is 0 Å². The molecule has 58 valence electrons. The number of hydrogen-bond acceptors (Lipinski definition) is 2. The molecular weight excluding hydrogens is 143 g/mol. The van der Waals surface area contributed by atoms with E-state index in [2.05, 4.69) is 10.5 Å². The number of nitrogens with one attached hydrogen (secondary N) is 1. The molecule has 0 radical (unpaired) electrons. The largest absolute Gasteiger partial charge is 0.313 e. The summed E-state index contributed by atoms with van der Waals surface area (Å²) >= 11 is 0. The molecule has 0 fully saturated rings. The van der Waals surface area contributed by atoms with Crippen LogP contribution in [0.25, 0.3) is 0 Å². The molecule has 0 bridgehead atoms. The maximum atomic E-state index is 12.5. The average Bonchev–Trinajstić information content (AvgIpc) is 2.01. The van der Waals surface area contributed by atoms with Gasteiger partial charge in [0, 0.05) is 7.05 Å². The van der Waals surface area contributed by atoms with Crippen LogP contribution in [0.1, 0.15) is 5.56 Å². The van der Waals surface area contributed by atoms with Crippen molar-refractivity contribution >= 4 is 6.21 Å². The van der Waals surface area contributed by atoms with Crippen molar-refractivity contribution in [3.8, 4) is 0 Å². The lowest BCUT2D eigenvalue weighted by Gasteiger charge is -1.91. The van der Waals surface area contributed by atoms with E-state index in [-0.39, 0.29) is 5.82 Å². The second-order valence-corrected chi connectivity index (χ2v) is 2.04. The zero-order chi connectivity index (χ0) is 8.10. The van der Waals surface area contributed by atoms with Crippen molar-refractivity contribution in [2.75, 3.05) is 7.05 Å². The number of hydrogen-bond donors (Lipinski definition) is 1. The SMILES string of the molecule is CN/N=C/c1cccc(F)c1. The molecule has 1 aromatic rings. The Kier molecular flexibility index (Phi) is 2.60. The molecule has 0 atom stereocenters. The van der Waals surface area contributed by atoms with Gasteiger partial charge in [-0.3, -0.25) is 0 Å². The van der Waals surface area contributed by atoms with Gasteiger partial charge >= 0.3 is 0 Å². The molecule has 0 saturated carbocycles. The summed E-state index contributed by atoms with van der Waals surface area (Å²) in [4.78, 5) is 0. The first kappa shape index (κ1) is 7.72. The van der Waals surface area contributed by atoms with Gasteiger partial charge in [0.25, 0.3) is 0 Å². The van der Waals surface area contributed by atoms with Gasteiger partial charge in [-0.15, -0.1) is 0 Å². The highest BCUT2D eigenvalue weighted by molar-refractivity contribution is 5.79. The molecule has 0 heterocycles. The van der Waals surface area contributed by atoms with Crippen LogP contribution < -0.4 is 5.43 Å². The molecule has 0 aliphatic heterocycles. The summed E-state index contributed by atoms with van der Waals surface area (Å²) in [5, 5.41) is 3.74. The zero-order valence-corrected chi connectivity index (χ0v) is 6.21. The fraction of sp³-hybridized carbons (Fsp3) is 0.125. The van der Waals surface area contributed by atoms with Gasteiger partial charge in [0.05, 0.1) is 6.21 Å². The van der Waals surface area contributed by atoms with Gasteiger partial charge in [-0.05, 0) is 17.7 Å². The van der Waals surface area contributed by atoms with Crippen LogP contribution in [-0.4, -0.2) is 13.3 Å². The third-order valence-electron chi connectivity index (χ3n) is 1.19. The predicted molar refractivity (Wildman–Crippen MR) is 43.1 cm³/mol. The van der Waals surface area contributed by atoms with Crippen LogP contribution in [0.3, 0.4) is 0 Å². The molecule has 0 amide bonds. The van der Waals surface area contributed by atoms with E-state index in [1.165, 1.54) is 12.1 Å². The highest BCUT2D eigenvalue weighted by Gasteiger charge is 1.89. The number of nitrogens with zero attached hydrogens (tertiary/aromatic N) is 1. The molecule has 0 aliphatic carbocycles. The topological polar surface area (TPSA) is 24.4 Å². The molecule has 11 heavy (non-hydrogen) atoms. The minimum absolute atomic E-state index is 0.245. The summed E-state index contributed by atoms with van der Waals surface area (Å²) in [6.07, 6.45) is 1.56. The van der Waals surface area contributed by atoms with Crippen LogP contribution in [0, 0.1) is 5.82 Å². The maximum Gasteiger partial charge on any atom is 0.123 e. The molecule has 0 spiro atoms. The van der Waals surface area contributed by atoms with E-state index in [0.29, 0.717) is 0 Å². The Bertz CT molecular complexity index is 258. The Morgan fingerprint density at radius 1 is 1.55 bits per heavy atom. The Morgan fingerprint density at radius 3 is 3.00 bits per heavy atom. The van der Waals surface area contributed by atoms with Crippen LogP contribution in [0.2, 0.25) is 0 Å². The first-order chi connectivity index (χ1) is 5.33. The van der Waals surface area contributed by atoms with Gasteiger partial charge < -0.3 is 5.43 Å². The molecule has 0 saturated heterocycles. The fourth-order valence-corrected chi connectivity index (χ4v) is 0.726. The standard InChI is InChI=1S/C8H9FN2/c1-10-11-6-7-3-2-4-8(9)5-7/h2-6,10H,1H3/b11-6+. The van der Waals surface area contributed by atoms with Crippen molar-refractivity contribution in [2.45, 2.75) is 0 Å². The van der Waals surface area contributed by atoms with E-state index in [1.54, 1.807) is 25.4 Å². The summed E-state index contributed by atoms with van der Waals surface area (Å²) in [6, 6.07) is 6.24. The first-order valence-corrected chi connectivity index (χ1v) is 3.28. The van der Waals surface area contributed by atoms with Crippen molar-refractivity contribution in [1.29, 1.82) is 0 Å². The normalized spacial score (nSPS) is 10.4. The Morgan fingerprint density at radius 2 is 2.36 bits per heavy atom. The van der Waals surface area contributed by atoms with Gasteiger partial charge in [-0.25, -0.2) is 4.39 Å². The molecular formula is C8H9FN2. The monoisotopic (exact) mass is 152 g/mol. The Labute approximate surface area is 64.7 Å². The van der Waals surface area contributed by atoms with Gasteiger partial charge in [0.15, 0.2) is 0 Å². The quantitative estimate of drug-likeness (QED) is 0.502. The first-order valence-electron chi connectivity index (χ1n) is 3.28. The lowest BCUT2D eigenvalue weighted by atomic mass is 10.2. The second-order valence-electron chi connectivity index (χ2n) is 2.04. The van der Waals surface area contributed by atoms with Crippen molar-refractivity contribution in [3.63, 3.8) is 0 Å². The van der Waals surface area contributed by atoms with Crippen molar-refractivity contribution in [3.05, 3.63) is 35.6 Å². The summed E-state index contributed by atoms with van der Waals surface area (Å²) in [6.45, 7) is 0. The third kappa shape index (κ3) is 2.37. The summed E-state index contributed by atoms with van der Waals surface area (Å²) in [5.41, 5.74) is 3.33. The third-order valence-corrected chi connectivity index (χ3v) is 1.19. The highest BCUT2D eigenvalue weighted by atomic mass is 19.1. The van der Waals surface area contributed by atoms with E-state index in [0.717, 1.165) is 5.56 Å². The molecule has 1 N–H and O–H groups in total. The van der Waals surface area contributed by atoms with E-state index in [4.69, 9.17) is 0 Å². The smallest absolute Gasteiger partial charge is 0.123 e. The van der Waals surface area contributed by atoms with Gasteiger partial charge in [0.1, 0.15) is 5.82 Å². The van der Waals surface area contributed by atoms with E-state index >= 15 is 0 Å². The van der Waals surface area contributed by atoms with Crippen LogP contribution in [0.5, 0.6) is 0 Å². The van der Waals surface area contributed by atoms with E-state index in [1.807, 2.05) is 0 Å². The van der Waals surface area contributed by atoms with Gasteiger partial charge in [0.2, 0.25) is 0 Å². The lowest BCUT2D eigenvalue weighted by molar-refractivity contribution is 0.627. The van der Waals surface area contributed by atoms with Gasteiger partial charge in [-0.1, -0.05) is 12.1 Å². The fourth-order valence-electron chi connectivity index (χ4n) is 0.726. The highest BCUT2D eigenvalue weighted by Crippen LogP contribution is 1.99. The second kappa shape index (κ2) is 3.71. The van der Waals surface area contributed by atoms with Gasteiger partial charge in [-0.2, -0.15) is 5.10 Å². The molecule has 3 heteroatoms. The minimum Gasteiger partial charge on any atom is -0.313 e. The maximum absolute atomic E-state index is 12.5. The van der Waals surface area contributed by atoms with E-state index < -0.39 is 0 Å². The Balaban J connectivity index is 2.79. The van der Waals surface area contributed by atoms with Crippen LogP contribution >= 0.6 is 0 Å². The minimum atomic E-state index is -0.245. The van der Waals surface area contributed by atoms with Crippen LogP contribution in [0.15, 0.2) is 29.4 Å². The van der Waals surface area contributed by atoms with Crippen LogP contribution in [0.4, 0.5) is 4.39 Å². The number of hydrazone groups is 1. The zero-order valence-electron chi connectivity index (χ0n) is 6.21. The van der Waals surface area contributed by atoms with Crippen molar-refractivity contribution < 1.29 is 4.39 Å². The lowest BCUT2D eigenvalue weighted by Crippen LogP contribution is -1.94. The Hall–Kier alpha value is -1.38. The number of benzene rings is 1. The molecule has 1 aromatic carbocycles. The number of rotatable bonds is 2. The summed E-state index contributed by atoms with van der Waals surface area (Å²) in [5.74, 6) is -0.245. The predicted octanol–water partition coefficient (Wildman–Crippen LogP) is 1.38. The molecule has 0 unspecified atom stereocenters. The molecule has 0 aromatic heterocycles. The average molecular weight is 152 g/mol. The molecule has 2 nitrogen and oxygen atoms in total. The molecule has 1 rings (SSSR count). The van der Waals surface area contributed by atoms with E-state index in [9.17, 15) is 4.39 Å².